The Morgan fingerprint density at radius 3 is 2.44 bits per heavy atom. The predicted octanol–water partition coefficient (Wildman–Crippen LogP) is 3.08. The van der Waals surface area contributed by atoms with Crippen LogP contribution in [-0.4, -0.2) is 10.1 Å². The standard InChI is InChI=1S/C13H12INO/c1-9-11(7-8-12(14)15-9)13(16)10-5-3-2-4-6-10/h2-8,13,16H,1H3/t13-/m1/s1. The summed E-state index contributed by atoms with van der Waals surface area (Å²) in [5.41, 5.74) is 2.64. The van der Waals surface area contributed by atoms with E-state index in [1.54, 1.807) is 0 Å². The third-order valence-electron chi connectivity index (χ3n) is 2.50. The highest BCUT2D eigenvalue weighted by molar-refractivity contribution is 14.1. The minimum atomic E-state index is -0.592. The maximum Gasteiger partial charge on any atom is 0.106 e. The average molecular weight is 325 g/mol. The van der Waals surface area contributed by atoms with Gasteiger partial charge in [-0.3, -0.25) is 0 Å². The molecular formula is C13H12INO. The normalized spacial score (nSPS) is 12.4. The Hall–Kier alpha value is -0.940. The molecule has 0 fully saturated rings. The van der Waals surface area contributed by atoms with Crippen molar-refractivity contribution in [1.29, 1.82) is 0 Å². The summed E-state index contributed by atoms with van der Waals surface area (Å²) in [6, 6.07) is 13.5. The Morgan fingerprint density at radius 2 is 1.81 bits per heavy atom. The Labute approximate surface area is 108 Å². The van der Waals surface area contributed by atoms with E-state index < -0.39 is 6.10 Å². The molecular weight excluding hydrogens is 313 g/mol. The van der Waals surface area contributed by atoms with Crippen LogP contribution in [0.5, 0.6) is 0 Å². The highest BCUT2D eigenvalue weighted by atomic mass is 127. The molecule has 1 aromatic carbocycles. The average Bonchev–Trinajstić information content (AvgIpc) is 2.29. The van der Waals surface area contributed by atoms with Gasteiger partial charge in [0.25, 0.3) is 0 Å². The first kappa shape index (κ1) is 11.5. The smallest absolute Gasteiger partial charge is 0.106 e. The molecule has 0 unspecified atom stereocenters. The van der Waals surface area contributed by atoms with Crippen LogP contribution in [0.25, 0.3) is 0 Å². The molecule has 1 aromatic heterocycles. The summed E-state index contributed by atoms with van der Waals surface area (Å²) in [5.74, 6) is 0. The molecule has 16 heavy (non-hydrogen) atoms. The molecule has 0 aliphatic heterocycles. The third-order valence-corrected chi connectivity index (χ3v) is 3.10. The lowest BCUT2D eigenvalue weighted by Crippen LogP contribution is -2.03. The van der Waals surface area contributed by atoms with Gasteiger partial charge in [-0.1, -0.05) is 36.4 Å². The number of hydrogen-bond donors (Lipinski definition) is 1. The molecule has 0 amide bonds. The maximum absolute atomic E-state index is 10.2. The number of aliphatic hydroxyl groups excluding tert-OH is 1. The van der Waals surface area contributed by atoms with Gasteiger partial charge in [-0.05, 0) is 41.1 Å². The Bertz CT molecular complexity index is 485. The first-order valence-corrected chi connectivity index (χ1v) is 6.12. The van der Waals surface area contributed by atoms with Crippen molar-refractivity contribution in [2.75, 3.05) is 0 Å². The quantitative estimate of drug-likeness (QED) is 0.680. The number of aliphatic hydroxyl groups is 1. The molecule has 0 radical (unpaired) electrons. The van der Waals surface area contributed by atoms with Gasteiger partial charge in [-0.2, -0.15) is 0 Å². The van der Waals surface area contributed by atoms with Crippen LogP contribution in [0.1, 0.15) is 22.9 Å². The van der Waals surface area contributed by atoms with Crippen LogP contribution in [0, 0.1) is 10.6 Å². The summed E-state index contributed by atoms with van der Waals surface area (Å²) in [4.78, 5) is 4.35. The van der Waals surface area contributed by atoms with Crippen molar-refractivity contribution in [1.82, 2.24) is 4.98 Å². The van der Waals surface area contributed by atoms with Crippen LogP contribution in [0.2, 0.25) is 0 Å². The van der Waals surface area contributed by atoms with Crippen molar-refractivity contribution in [3.63, 3.8) is 0 Å². The van der Waals surface area contributed by atoms with E-state index in [9.17, 15) is 5.11 Å². The first-order chi connectivity index (χ1) is 7.68. The molecule has 1 atom stereocenters. The molecule has 82 valence electrons. The van der Waals surface area contributed by atoms with Crippen molar-refractivity contribution >= 4 is 22.6 Å². The van der Waals surface area contributed by atoms with E-state index in [1.807, 2.05) is 49.4 Å². The molecule has 0 saturated heterocycles. The number of nitrogens with zero attached hydrogens (tertiary/aromatic N) is 1. The summed E-state index contributed by atoms with van der Waals surface area (Å²) in [5, 5.41) is 10.2. The van der Waals surface area contributed by atoms with Gasteiger partial charge >= 0.3 is 0 Å². The van der Waals surface area contributed by atoms with Gasteiger partial charge in [0, 0.05) is 11.3 Å². The third kappa shape index (κ3) is 2.41. The highest BCUT2D eigenvalue weighted by Crippen LogP contribution is 2.23. The van der Waals surface area contributed by atoms with Crippen LogP contribution in [0.3, 0.4) is 0 Å². The highest BCUT2D eigenvalue weighted by Gasteiger charge is 2.13. The number of halogens is 1. The predicted molar refractivity (Wildman–Crippen MR) is 72.2 cm³/mol. The SMILES string of the molecule is Cc1nc(I)ccc1[C@H](O)c1ccccc1. The van der Waals surface area contributed by atoms with Crippen LogP contribution in [-0.2, 0) is 0 Å². The topological polar surface area (TPSA) is 33.1 Å². The number of rotatable bonds is 2. The first-order valence-electron chi connectivity index (χ1n) is 5.04. The fourth-order valence-corrected chi connectivity index (χ4v) is 2.19. The van der Waals surface area contributed by atoms with Crippen molar-refractivity contribution < 1.29 is 5.11 Å². The largest absolute Gasteiger partial charge is 0.384 e. The minimum absolute atomic E-state index is 0.592. The van der Waals surface area contributed by atoms with Gasteiger partial charge in [0.1, 0.15) is 9.80 Å². The zero-order valence-electron chi connectivity index (χ0n) is 8.89. The molecule has 0 aliphatic carbocycles. The number of hydrogen-bond acceptors (Lipinski definition) is 2. The minimum Gasteiger partial charge on any atom is -0.384 e. The maximum atomic E-state index is 10.2. The van der Waals surface area contributed by atoms with Gasteiger partial charge in [-0.25, -0.2) is 4.98 Å². The molecule has 1 heterocycles. The molecule has 0 spiro atoms. The van der Waals surface area contributed by atoms with Crippen molar-refractivity contribution in [2.24, 2.45) is 0 Å². The van der Waals surface area contributed by atoms with Crippen molar-refractivity contribution in [3.05, 3.63) is 63.0 Å². The van der Waals surface area contributed by atoms with Gasteiger partial charge in [0.05, 0.1) is 0 Å². The monoisotopic (exact) mass is 325 g/mol. The Kier molecular flexibility index (Phi) is 3.56. The van der Waals surface area contributed by atoms with Gasteiger partial charge in [0.15, 0.2) is 0 Å². The van der Waals surface area contributed by atoms with E-state index in [0.29, 0.717) is 0 Å². The summed E-state index contributed by atoms with van der Waals surface area (Å²) >= 11 is 2.17. The lowest BCUT2D eigenvalue weighted by molar-refractivity contribution is 0.219. The van der Waals surface area contributed by atoms with Gasteiger partial charge in [0.2, 0.25) is 0 Å². The summed E-state index contributed by atoms with van der Waals surface area (Å²) in [7, 11) is 0. The van der Waals surface area contributed by atoms with E-state index in [0.717, 1.165) is 20.5 Å². The summed E-state index contributed by atoms with van der Waals surface area (Å²) in [6.07, 6.45) is -0.592. The lowest BCUT2D eigenvalue weighted by Gasteiger charge is -2.13. The van der Waals surface area contributed by atoms with E-state index in [2.05, 4.69) is 27.6 Å². The molecule has 2 aromatic rings. The van der Waals surface area contributed by atoms with E-state index in [4.69, 9.17) is 0 Å². The van der Waals surface area contributed by atoms with E-state index >= 15 is 0 Å². The summed E-state index contributed by atoms with van der Waals surface area (Å²) in [6.45, 7) is 1.92. The van der Waals surface area contributed by atoms with E-state index in [1.165, 1.54) is 0 Å². The summed E-state index contributed by atoms with van der Waals surface area (Å²) < 4.78 is 0.944. The lowest BCUT2D eigenvalue weighted by atomic mass is 10.0. The van der Waals surface area contributed by atoms with Crippen LogP contribution in [0.4, 0.5) is 0 Å². The van der Waals surface area contributed by atoms with Crippen LogP contribution >= 0.6 is 22.6 Å². The number of aromatic nitrogens is 1. The molecule has 2 rings (SSSR count). The van der Waals surface area contributed by atoms with Crippen molar-refractivity contribution in [3.8, 4) is 0 Å². The van der Waals surface area contributed by atoms with Crippen LogP contribution < -0.4 is 0 Å². The second-order valence-electron chi connectivity index (χ2n) is 3.62. The second kappa shape index (κ2) is 4.93. The number of pyridine rings is 1. The fraction of sp³-hybridized carbons (Fsp3) is 0.154. The van der Waals surface area contributed by atoms with Gasteiger partial charge in [-0.15, -0.1) is 0 Å². The molecule has 2 nitrogen and oxygen atoms in total. The van der Waals surface area contributed by atoms with Gasteiger partial charge < -0.3 is 5.11 Å². The molecule has 3 heteroatoms. The molecule has 1 N–H and O–H groups in total. The Morgan fingerprint density at radius 1 is 1.12 bits per heavy atom. The number of benzene rings is 1. The molecule has 0 saturated carbocycles. The Balaban J connectivity index is 2.38. The fourth-order valence-electron chi connectivity index (χ4n) is 1.65. The van der Waals surface area contributed by atoms with Crippen molar-refractivity contribution in [2.45, 2.75) is 13.0 Å². The zero-order chi connectivity index (χ0) is 11.5. The molecule has 0 aliphatic rings. The number of aryl methyl sites for hydroxylation is 1. The zero-order valence-corrected chi connectivity index (χ0v) is 11.0. The van der Waals surface area contributed by atoms with Crippen LogP contribution in [0.15, 0.2) is 42.5 Å². The van der Waals surface area contributed by atoms with E-state index in [-0.39, 0.29) is 0 Å². The molecule has 0 bridgehead atoms. The second-order valence-corrected chi connectivity index (χ2v) is 4.73.